The van der Waals surface area contributed by atoms with Crippen molar-refractivity contribution in [1.29, 1.82) is 0 Å². The van der Waals surface area contributed by atoms with E-state index in [0.29, 0.717) is 6.04 Å². The van der Waals surface area contributed by atoms with Crippen molar-refractivity contribution in [2.24, 2.45) is 0 Å². The second-order valence-corrected chi connectivity index (χ2v) is 5.21. The first-order chi connectivity index (χ1) is 10.1. The summed E-state index contributed by atoms with van der Waals surface area (Å²) in [5.74, 6) is 1.52. The average molecular weight is 285 g/mol. The van der Waals surface area contributed by atoms with E-state index in [1.54, 1.807) is 14.2 Å². The Kier molecular flexibility index (Phi) is 5.23. The summed E-state index contributed by atoms with van der Waals surface area (Å²) in [6.07, 6.45) is 0. The minimum Gasteiger partial charge on any atom is -0.493 e. The van der Waals surface area contributed by atoms with Crippen molar-refractivity contribution in [2.75, 3.05) is 14.2 Å². The van der Waals surface area contributed by atoms with Crippen molar-refractivity contribution < 1.29 is 9.47 Å². The summed E-state index contributed by atoms with van der Waals surface area (Å²) in [4.78, 5) is 0. The highest BCUT2D eigenvalue weighted by molar-refractivity contribution is 5.42. The smallest absolute Gasteiger partial charge is 0.161 e. The zero-order valence-electron chi connectivity index (χ0n) is 13.1. The standard InChI is InChI=1S/C18H23NO2/c1-13-6-5-7-16(10-13)14(2)19-12-15-8-9-17(20-3)18(11-15)21-4/h5-11,14,19H,12H2,1-4H3. The molecular formula is C18H23NO2. The number of ether oxygens (including phenoxy) is 2. The number of hydrogen-bond acceptors (Lipinski definition) is 3. The van der Waals surface area contributed by atoms with E-state index in [1.165, 1.54) is 16.7 Å². The third kappa shape index (κ3) is 3.99. The third-order valence-electron chi connectivity index (χ3n) is 3.60. The van der Waals surface area contributed by atoms with E-state index in [-0.39, 0.29) is 0 Å². The van der Waals surface area contributed by atoms with Gasteiger partial charge in [-0.15, -0.1) is 0 Å². The molecule has 3 heteroatoms. The lowest BCUT2D eigenvalue weighted by Crippen LogP contribution is -2.18. The summed E-state index contributed by atoms with van der Waals surface area (Å²) in [6, 6.07) is 14.9. The molecule has 1 atom stereocenters. The van der Waals surface area contributed by atoms with Gasteiger partial charge in [0, 0.05) is 12.6 Å². The van der Waals surface area contributed by atoms with Gasteiger partial charge in [-0.05, 0) is 37.1 Å². The van der Waals surface area contributed by atoms with Crippen LogP contribution < -0.4 is 14.8 Å². The molecule has 0 saturated heterocycles. The van der Waals surface area contributed by atoms with Crippen LogP contribution in [-0.2, 0) is 6.54 Å². The van der Waals surface area contributed by atoms with Crippen LogP contribution in [0.1, 0.15) is 29.7 Å². The monoisotopic (exact) mass is 285 g/mol. The molecule has 0 heterocycles. The van der Waals surface area contributed by atoms with Gasteiger partial charge in [0.15, 0.2) is 11.5 Å². The summed E-state index contributed by atoms with van der Waals surface area (Å²) < 4.78 is 10.6. The van der Waals surface area contributed by atoms with Crippen molar-refractivity contribution in [3.63, 3.8) is 0 Å². The van der Waals surface area contributed by atoms with E-state index in [4.69, 9.17) is 9.47 Å². The third-order valence-corrected chi connectivity index (χ3v) is 3.60. The summed E-state index contributed by atoms with van der Waals surface area (Å²) in [7, 11) is 3.31. The van der Waals surface area contributed by atoms with Crippen LogP contribution in [0, 0.1) is 6.92 Å². The van der Waals surface area contributed by atoms with Gasteiger partial charge >= 0.3 is 0 Å². The lowest BCUT2D eigenvalue weighted by Gasteiger charge is -2.16. The van der Waals surface area contributed by atoms with Gasteiger partial charge in [0.05, 0.1) is 14.2 Å². The predicted octanol–water partition coefficient (Wildman–Crippen LogP) is 3.86. The van der Waals surface area contributed by atoms with Gasteiger partial charge in [-0.25, -0.2) is 0 Å². The Labute approximate surface area is 126 Å². The predicted molar refractivity (Wildman–Crippen MR) is 86.0 cm³/mol. The van der Waals surface area contributed by atoms with E-state index in [9.17, 15) is 0 Å². The maximum absolute atomic E-state index is 5.33. The Morgan fingerprint density at radius 1 is 1.00 bits per heavy atom. The van der Waals surface area contributed by atoms with Crippen LogP contribution in [0.4, 0.5) is 0 Å². The van der Waals surface area contributed by atoms with Crippen LogP contribution in [-0.4, -0.2) is 14.2 Å². The van der Waals surface area contributed by atoms with Crippen LogP contribution in [0.3, 0.4) is 0 Å². The van der Waals surface area contributed by atoms with E-state index in [2.05, 4.69) is 49.5 Å². The molecule has 0 aliphatic carbocycles. The van der Waals surface area contributed by atoms with Crippen LogP contribution in [0.5, 0.6) is 11.5 Å². The summed E-state index contributed by atoms with van der Waals surface area (Å²) in [5, 5.41) is 3.53. The molecule has 2 aromatic carbocycles. The molecular weight excluding hydrogens is 262 g/mol. The summed E-state index contributed by atoms with van der Waals surface area (Å²) in [6.45, 7) is 5.08. The molecule has 0 aliphatic heterocycles. The average Bonchev–Trinajstić information content (AvgIpc) is 2.52. The van der Waals surface area contributed by atoms with Gasteiger partial charge in [-0.1, -0.05) is 35.9 Å². The zero-order valence-corrected chi connectivity index (χ0v) is 13.1. The highest BCUT2D eigenvalue weighted by Crippen LogP contribution is 2.27. The minimum absolute atomic E-state index is 0.304. The van der Waals surface area contributed by atoms with Crippen molar-refractivity contribution in [2.45, 2.75) is 26.4 Å². The molecule has 1 N–H and O–H groups in total. The fourth-order valence-corrected chi connectivity index (χ4v) is 2.32. The maximum Gasteiger partial charge on any atom is 0.161 e. The van der Waals surface area contributed by atoms with Crippen molar-refractivity contribution in [3.05, 3.63) is 59.2 Å². The van der Waals surface area contributed by atoms with Crippen LogP contribution in [0.25, 0.3) is 0 Å². The normalized spacial score (nSPS) is 12.0. The van der Waals surface area contributed by atoms with Crippen molar-refractivity contribution >= 4 is 0 Å². The molecule has 0 aliphatic rings. The fourth-order valence-electron chi connectivity index (χ4n) is 2.32. The van der Waals surface area contributed by atoms with Gasteiger partial charge < -0.3 is 14.8 Å². The second-order valence-electron chi connectivity index (χ2n) is 5.21. The van der Waals surface area contributed by atoms with E-state index in [0.717, 1.165) is 18.0 Å². The first-order valence-electron chi connectivity index (χ1n) is 7.15. The molecule has 21 heavy (non-hydrogen) atoms. The Bertz CT molecular complexity index is 596. The number of nitrogens with one attached hydrogen (secondary N) is 1. The van der Waals surface area contributed by atoms with E-state index < -0.39 is 0 Å². The van der Waals surface area contributed by atoms with Gasteiger partial charge in [0.25, 0.3) is 0 Å². The molecule has 3 nitrogen and oxygen atoms in total. The highest BCUT2D eigenvalue weighted by atomic mass is 16.5. The fraction of sp³-hybridized carbons (Fsp3) is 0.333. The Morgan fingerprint density at radius 2 is 1.76 bits per heavy atom. The van der Waals surface area contributed by atoms with Gasteiger partial charge in [-0.2, -0.15) is 0 Å². The van der Waals surface area contributed by atoms with Crippen molar-refractivity contribution in [3.8, 4) is 11.5 Å². The molecule has 2 rings (SSSR count). The number of rotatable bonds is 6. The van der Waals surface area contributed by atoms with Gasteiger partial charge in [-0.3, -0.25) is 0 Å². The molecule has 0 radical (unpaired) electrons. The Balaban J connectivity index is 2.02. The van der Waals surface area contributed by atoms with E-state index in [1.807, 2.05) is 12.1 Å². The SMILES string of the molecule is COc1ccc(CNC(C)c2cccc(C)c2)cc1OC. The molecule has 0 saturated carbocycles. The number of methoxy groups -OCH3 is 2. The lowest BCUT2D eigenvalue weighted by atomic mass is 10.1. The van der Waals surface area contributed by atoms with Crippen molar-refractivity contribution in [1.82, 2.24) is 5.32 Å². The molecule has 0 spiro atoms. The molecule has 112 valence electrons. The lowest BCUT2D eigenvalue weighted by molar-refractivity contribution is 0.354. The highest BCUT2D eigenvalue weighted by Gasteiger charge is 2.07. The Morgan fingerprint density at radius 3 is 2.43 bits per heavy atom. The summed E-state index contributed by atoms with van der Waals surface area (Å²) >= 11 is 0. The summed E-state index contributed by atoms with van der Waals surface area (Å²) in [5.41, 5.74) is 3.76. The largest absolute Gasteiger partial charge is 0.493 e. The topological polar surface area (TPSA) is 30.5 Å². The second kappa shape index (κ2) is 7.14. The van der Waals surface area contributed by atoms with Crippen LogP contribution >= 0.6 is 0 Å². The molecule has 0 amide bonds. The number of aryl methyl sites for hydroxylation is 1. The Hall–Kier alpha value is -2.00. The first-order valence-corrected chi connectivity index (χ1v) is 7.15. The molecule has 0 bridgehead atoms. The van der Waals surface area contributed by atoms with E-state index >= 15 is 0 Å². The minimum atomic E-state index is 0.304. The molecule has 0 aromatic heterocycles. The van der Waals surface area contributed by atoms with Crippen LogP contribution in [0.2, 0.25) is 0 Å². The molecule has 2 aromatic rings. The van der Waals surface area contributed by atoms with Gasteiger partial charge in [0.2, 0.25) is 0 Å². The maximum atomic E-state index is 5.33. The van der Waals surface area contributed by atoms with Crippen LogP contribution in [0.15, 0.2) is 42.5 Å². The number of hydrogen-bond donors (Lipinski definition) is 1. The quantitative estimate of drug-likeness (QED) is 0.874. The number of benzene rings is 2. The zero-order chi connectivity index (χ0) is 15.2. The van der Waals surface area contributed by atoms with Gasteiger partial charge in [0.1, 0.15) is 0 Å². The first kappa shape index (κ1) is 15.4. The molecule has 1 unspecified atom stereocenters. The molecule has 0 fully saturated rings.